The van der Waals surface area contributed by atoms with Gasteiger partial charge in [0.05, 0.1) is 0 Å². The third-order valence-electron chi connectivity index (χ3n) is 9.82. The maximum atomic E-state index is 4.83. The summed E-state index contributed by atoms with van der Waals surface area (Å²) in [6, 6.07) is 38.3. The fourth-order valence-electron chi connectivity index (χ4n) is 7.77. The normalized spacial score (nSPS) is 17.6. The first kappa shape index (κ1) is 26.0. The largest absolute Gasteiger partial charge is 0.295 e. The number of anilines is 3. The van der Waals surface area contributed by atoms with Gasteiger partial charge in [-0.1, -0.05) is 98.8 Å². The third kappa shape index (κ3) is 4.36. The predicted octanol–water partition coefficient (Wildman–Crippen LogP) is 10.5. The van der Waals surface area contributed by atoms with Gasteiger partial charge in [0.1, 0.15) is 5.82 Å². The molecule has 0 amide bonds. The van der Waals surface area contributed by atoms with Crippen LogP contribution in [0, 0.1) is 0 Å². The Balaban J connectivity index is 1.28. The summed E-state index contributed by atoms with van der Waals surface area (Å²) in [4.78, 5) is 7.15. The summed E-state index contributed by atoms with van der Waals surface area (Å²) in [5.74, 6) is 1.41. The van der Waals surface area contributed by atoms with Crippen molar-refractivity contribution < 1.29 is 0 Å². The quantitative estimate of drug-likeness (QED) is 0.219. The minimum absolute atomic E-state index is 0.0464. The standard InChI is InChI=1S/C41H36N2/c1-41(2)37-18-7-6-14-31(37)25-32-24-30-21-22-34(27-36(30)35-17-11-19-38(41)40(32)35)43(39-20-8-9-23-42-39)33-16-10-15-29(26-33)28-12-4-3-5-13-28/h3-4,6-12,14-23,26-27,32H,5,13,24-25H2,1-2H3. The fourth-order valence-corrected chi connectivity index (χ4v) is 7.77. The maximum absolute atomic E-state index is 4.83. The van der Waals surface area contributed by atoms with E-state index in [9.17, 15) is 0 Å². The van der Waals surface area contributed by atoms with Crippen molar-refractivity contribution in [3.8, 4) is 11.1 Å². The van der Waals surface area contributed by atoms with E-state index in [2.05, 4.69) is 134 Å². The van der Waals surface area contributed by atoms with Crippen LogP contribution in [-0.4, -0.2) is 4.98 Å². The molecule has 8 rings (SSSR count). The number of allylic oxidation sites excluding steroid dienone is 4. The second kappa shape index (κ2) is 10.2. The van der Waals surface area contributed by atoms with Gasteiger partial charge in [-0.05, 0) is 118 Å². The van der Waals surface area contributed by atoms with E-state index in [4.69, 9.17) is 4.98 Å². The lowest BCUT2D eigenvalue weighted by Crippen LogP contribution is -2.22. The summed E-state index contributed by atoms with van der Waals surface area (Å²) in [7, 11) is 0. The molecular formula is C41H36N2. The number of hydrogen-bond donors (Lipinski definition) is 0. The highest BCUT2D eigenvalue weighted by molar-refractivity contribution is 5.84. The van der Waals surface area contributed by atoms with Gasteiger partial charge in [-0.25, -0.2) is 4.98 Å². The molecule has 0 N–H and O–H groups in total. The summed E-state index contributed by atoms with van der Waals surface area (Å²) in [5, 5.41) is 0. The number of pyridine rings is 1. The summed E-state index contributed by atoms with van der Waals surface area (Å²) in [6.07, 6.45) is 12.9. The fraction of sp³-hybridized carbons (Fsp3) is 0.195. The van der Waals surface area contributed by atoms with Gasteiger partial charge in [-0.15, -0.1) is 0 Å². The summed E-state index contributed by atoms with van der Waals surface area (Å²) in [6.45, 7) is 4.81. The molecule has 1 atom stereocenters. The molecule has 2 nitrogen and oxygen atoms in total. The Kier molecular flexibility index (Phi) is 6.19. The smallest absolute Gasteiger partial charge is 0.137 e. The van der Waals surface area contributed by atoms with Crippen LogP contribution in [0.15, 0.2) is 128 Å². The van der Waals surface area contributed by atoms with E-state index in [1.165, 1.54) is 50.1 Å². The highest BCUT2D eigenvalue weighted by Gasteiger charge is 2.38. The van der Waals surface area contributed by atoms with E-state index in [1.54, 1.807) is 0 Å². The van der Waals surface area contributed by atoms with E-state index in [0.717, 1.165) is 42.9 Å². The number of nitrogens with zero attached hydrogens (tertiary/aromatic N) is 2. The molecule has 0 saturated carbocycles. The summed E-state index contributed by atoms with van der Waals surface area (Å²) < 4.78 is 0. The monoisotopic (exact) mass is 556 g/mol. The van der Waals surface area contributed by atoms with Crippen LogP contribution >= 0.6 is 0 Å². The Labute approximate surface area is 255 Å². The predicted molar refractivity (Wildman–Crippen MR) is 179 cm³/mol. The average Bonchev–Trinajstić information content (AvgIpc) is 3.15. The van der Waals surface area contributed by atoms with E-state index in [-0.39, 0.29) is 5.41 Å². The summed E-state index contributed by atoms with van der Waals surface area (Å²) in [5.41, 5.74) is 15.0. The lowest BCUT2D eigenvalue weighted by Gasteiger charge is -2.34. The first-order chi connectivity index (χ1) is 21.1. The molecule has 210 valence electrons. The number of hydrogen-bond acceptors (Lipinski definition) is 2. The van der Waals surface area contributed by atoms with Crippen molar-refractivity contribution in [3.05, 3.63) is 161 Å². The molecule has 3 aliphatic carbocycles. The van der Waals surface area contributed by atoms with Crippen molar-refractivity contribution in [1.82, 2.24) is 4.98 Å². The second-order valence-corrected chi connectivity index (χ2v) is 12.7. The Bertz CT molecular complexity index is 1910. The molecule has 1 heterocycles. The Morgan fingerprint density at radius 2 is 1.53 bits per heavy atom. The third-order valence-corrected chi connectivity index (χ3v) is 9.82. The number of rotatable bonds is 4. The first-order valence-corrected chi connectivity index (χ1v) is 15.6. The van der Waals surface area contributed by atoms with Crippen LogP contribution < -0.4 is 4.90 Å². The second-order valence-electron chi connectivity index (χ2n) is 12.7. The van der Waals surface area contributed by atoms with Crippen molar-refractivity contribution in [2.45, 2.75) is 50.9 Å². The zero-order chi connectivity index (χ0) is 29.0. The molecule has 3 aliphatic rings. The number of fused-ring (bicyclic) bond motifs is 3. The van der Waals surface area contributed by atoms with Crippen LogP contribution in [0.2, 0.25) is 0 Å². The van der Waals surface area contributed by atoms with Crippen LogP contribution in [-0.2, 0) is 18.3 Å². The Morgan fingerprint density at radius 3 is 2.40 bits per heavy atom. The molecule has 4 aromatic carbocycles. The SMILES string of the molecule is CC1(C)c2ccccc2CC2Cc3ccc(N(c4cccc(C5=CC=CCC5)c4)c4ccccn4)cc3-c3cccc1c32. The van der Waals surface area contributed by atoms with Crippen LogP contribution in [0.4, 0.5) is 17.2 Å². The first-order valence-electron chi connectivity index (χ1n) is 15.6. The molecule has 1 unspecified atom stereocenters. The lowest BCUT2D eigenvalue weighted by atomic mass is 9.71. The number of benzene rings is 4. The zero-order valence-corrected chi connectivity index (χ0v) is 24.9. The molecule has 0 fully saturated rings. The van der Waals surface area contributed by atoms with Gasteiger partial charge in [0, 0.05) is 23.0 Å². The van der Waals surface area contributed by atoms with Gasteiger partial charge in [-0.3, -0.25) is 4.90 Å². The van der Waals surface area contributed by atoms with Crippen molar-refractivity contribution in [2.24, 2.45) is 0 Å². The zero-order valence-electron chi connectivity index (χ0n) is 24.9. The highest BCUT2D eigenvalue weighted by Crippen LogP contribution is 2.51. The van der Waals surface area contributed by atoms with Crippen LogP contribution in [0.25, 0.3) is 16.7 Å². The van der Waals surface area contributed by atoms with E-state index < -0.39 is 0 Å². The van der Waals surface area contributed by atoms with Crippen LogP contribution in [0.1, 0.15) is 66.0 Å². The highest BCUT2D eigenvalue weighted by atomic mass is 15.2. The number of aromatic nitrogens is 1. The summed E-state index contributed by atoms with van der Waals surface area (Å²) >= 11 is 0. The molecule has 0 saturated heterocycles. The van der Waals surface area contributed by atoms with Crippen LogP contribution in [0.5, 0.6) is 0 Å². The van der Waals surface area contributed by atoms with E-state index in [1.807, 2.05) is 12.3 Å². The molecule has 0 aliphatic heterocycles. The Hall–Kier alpha value is -4.69. The van der Waals surface area contributed by atoms with Gasteiger partial charge in [0.2, 0.25) is 0 Å². The topological polar surface area (TPSA) is 16.1 Å². The van der Waals surface area contributed by atoms with E-state index >= 15 is 0 Å². The van der Waals surface area contributed by atoms with Gasteiger partial charge in [0.15, 0.2) is 0 Å². The van der Waals surface area contributed by atoms with Crippen LogP contribution in [0.3, 0.4) is 0 Å². The molecule has 0 bridgehead atoms. The van der Waals surface area contributed by atoms with Gasteiger partial charge in [0.25, 0.3) is 0 Å². The molecule has 0 spiro atoms. The Morgan fingerprint density at radius 1 is 0.721 bits per heavy atom. The molecule has 5 aromatic rings. The van der Waals surface area contributed by atoms with Gasteiger partial charge < -0.3 is 0 Å². The maximum Gasteiger partial charge on any atom is 0.137 e. The molecule has 43 heavy (non-hydrogen) atoms. The molecule has 2 heteroatoms. The van der Waals surface area contributed by atoms with Crippen molar-refractivity contribution in [1.29, 1.82) is 0 Å². The molecular weight excluding hydrogens is 520 g/mol. The molecule has 0 radical (unpaired) electrons. The van der Waals surface area contributed by atoms with Crippen molar-refractivity contribution in [2.75, 3.05) is 4.90 Å². The lowest BCUT2D eigenvalue weighted by molar-refractivity contribution is 0.630. The average molecular weight is 557 g/mol. The van der Waals surface area contributed by atoms with Crippen molar-refractivity contribution >= 4 is 22.8 Å². The van der Waals surface area contributed by atoms with Gasteiger partial charge >= 0.3 is 0 Å². The molecule has 1 aromatic heterocycles. The van der Waals surface area contributed by atoms with Crippen molar-refractivity contribution in [3.63, 3.8) is 0 Å². The minimum Gasteiger partial charge on any atom is -0.295 e. The van der Waals surface area contributed by atoms with Gasteiger partial charge in [-0.2, -0.15) is 0 Å². The van der Waals surface area contributed by atoms with E-state index in [0.29, 0.717) is 5.92 Å². The minimum atomic E-state index is -0.0464.